The Balaban J connectivity index is 2.19. The number of aryl methyl sites for hydroxylation is 2. The minimum atomic E-state index is -0.889. The summed E-state index contributed by atoms with van der Waals surface area (Å²) >= 11 is 0. The van der Waals surface area contributed by atoms with Crippen molar-refractivity contribution in [2.75, 3.05) is 6.54 Å². The Labute approximate surface area is 106 Å². The highest BCUT2D eigenvalue weighted by atomic mass is 16.4. The smallest absolute Gasteiger partial charge is 0.308 e. The number of aromatic amines is 1. The van der Waals surface area contributed by atoms with Crippen LogP contribution >= 0.6 is 0 Å². The van der Waals surface area contributed by atoms with E-state index in [0.29, 0.717) is 6.54 Å². The van der Waals surface area contributed by atoms with Crippen LogP contribution in [-0.2, 0) is 9.59 Å². The Morgan fingerprint density at radius 1 is 1.56 bits per heavy atom. The number of aromatic nitrogens is 1. The van der Waals surface area contributed by atoms with Gasteiger partial charge in [-0.3, -0.25) is 9.59 Å². The van der Waals surface area contributed by atoms with E-state index in [0.717, 1.165) is 17.0 Å². The average Bonchev–Trinajstić information content (AvgIpc) is 2.81. The molecule has 2 atom stereocenters. The fourth-order valence-corrected chi connectivity index (χ4v) is 2.62. The summed E-state index contributed by atoms with van der Waals surface area (Å²) in [5.41, 5.74) is 3.15. The van der Waals surface area contributed by atoms with E-state index in [9.17, 15) is 9.59 Å². The fourth-order valence-electron chi connectivity index (χ4n) is 2.62. The third kappa shape index (κ3) is 2.12. The highest BCUT2D eigenvalue weighted by Gasteiger charge is 2.37. The first-order valence-electron chi connectivity index (χ1n) is 6.08. The normalized spacial score (nSPS) is 21.4. The zero-order chi connectivity index (χ0) is 13.4. The summed E-state index contributed by atoms with van der Waals surface area (Å²) in [5.74, 6) is -1.53. The van der Waals surface area contributed by atoms with Crippen molar-refractivity contribution in [3.05, 3.63) is 23.0 Å². The van der Waals surface area contributed by atoms with Gasteiger partial charge in [0.15, 0.2) is 0 Å². The lowest BCUT2D eigenvalue weighted by Crippen LogP contribution is -2.29. The summed E-state index contributed by atoms with van der Waals surface area (Å²) < 4.78 is 0. The van der Waals surface area contributed by atoms with Crippen LogP contribution < -0.4 is 0 Å². The van der Waals surface area contributed by atoms with E-state index in [-0.39, 0.29) is 18.4 Å². The topological polar surface area (TPSA) is 73.4 Å². The predicted octanol–water partition coefficient (Wildman–Crippen LogP) is 1.63. The summed E-state index contributed by atoms with van der Waals surface area (Å²) in [7, 11) is 0. The molecule has 1 aliphatic rings. The molecule has 2 heterocycles. The molecule has 0 aromatic carbocycles. The van der Waals surface area contributed by atoms with Crippen LogP contribution in [-0.4, -0.2) is 33.4 Å². The maximum Gasteiger partial charge on any atom is 0.308 e. The molecule has 1 fully saturated rings. The van der Waals surface area contributed by atoms with E-state index in [1.165, 1.54) is 0 Å². The first-order valence-corrected chi connectivity index (χ1v) is 6.08. The molecule has 98 valence electrons. The Morgan fingerprint density at radius 2 is 2.22 bits per heavy atom. The number of H-pyrrole nitrogens is 1. The SMILES string of the molecule is Cc1cc(C(C)N2CC(C(=O)O)CC2=O)c(C)[nH]1. The first-order chi connectivity index (χ1) is 8.40. The number of carboxylic acids is 1. The van der Waals surface area contributed by atoms with E-state index in [1.54, 1.807) is 4.90 Å². The zero-order valence-corrected chi connectivity index (χ0v) is 10.9. The standard InChI is InChI=1S/C13H18N2O3/c1-7-4-11(8(2)14-7)9(3)15-6-10(13(17)18)5-12(15)16/h4,9-10,14H,5-6H2,1-3H3,(H,17,18). The predicted molar refractivity (Wildman–Crippen MR) is 66.1 cm³/mol. The molecule has 1 aliphatic heterocycles. The molecule has 2 N–H and O–H groups in total. The van der Waals surface area contributed by atoms with E-state index >= 15 is 0 Å². The number of nitrogens with zero attached hydrogens (tertiary/aromatic N) is 1. The van der Waals surface area contributed by atoms with Crippen LogP contribution in [0.2, 0.25) is 0 Å². The molecule has 1 amide bonds. The second kappa shape index (κ2) is 4.48. The third-order valence-electron chi connectivity index (χ3n) is 3.61. The molecule has 2 rings (SSSR count). The monoisotopic (exact) mass is 250 g/mol. The first kappa shape index (κ1) is 12.7. The van der Waals surface area contributed by atoms with Crippen molar-refractivity contribution in [1.29, 1.82) is 0 Å². The number of rotatable bonds is 3. The van der Waals surface area contributed by atoms with E-state index in [4.69, 9.17) is 5.11 Å². The van der Waals surface area contributed by atoms with Crippen LogP contribution in [0.4, 0.5) is 0 Å². The molecule has 0 spiro atoms. The van der Waals surface area contributed by atoms with Crippen LogP contribution in [0.5, 0.6) is 0 Å². The second-order valence-electron chi connectivity index (χ2n) is 4.99. The Morgan fingerprint density at radius 3 is 2.67 bits per heavy atom. The van der Waals surface area contributed by atoms with E-state index in [2.05, 4.69) is 4.98 Å². The lowest BCUT2D eigenvalue weighted by molar-refractivity contribution is -0.141. The van der Waals surface area contributed by atoms with Crippen molar-refractivity contribution in [3.8, 4) is 0 Å². The van der Waals surface area contributed by atoms with Crippen molar-refractivity contribution >= 4 is 11.9 Å². The number of carbonyl (C=O) groups excluding carboxylic acids is 1. The number of amides is 1. The number of likely N-dealkylation sites (tertiary alicyclic amines) is 1. The Kier molecular flexibility index (Phi) is 3.15. The molecule has 5 nitrogen and oxygen atoms in total. The van der Waals surface area contributed by atoms with Crippen LogP contribution in [0.1, 0.15) is 36.3 Å². The molecule has 0 saturated carbocycles. The van der Waals surface area contributed by atoms with Crippen LogP contribution in [0.3, 0.4) is 0 Å². The maximum atomic E-state index is 11.9. The molecule has 2 unspecified atom stereocenters. The van der Waals surface area contributed by atoms with Crippen LogP contribution in [0, 0.1) is 19.8 Å². The molecule has 5 heteroatoms. The fraction of sp³-hybridized carbons (Fsp3) is 0.538. The molecule has 1 saturated heterocycles. The highest BCUT2D eigenvalue weighted by molar-refractivity contribution is 5.86. The van der Waals surface area contributed by atoms with Gasteiger partial charge in [-0.2, -0.15) is 0 Å². The van der Waals surface area contributed by atoms with Gasteiger partial charge in [0, 0.05) is 24.4 Å². The van der Waals surface area contributed by atoms with Gasteiger partial charge < -0.3 is 15.0 Å². The lowest BCUT2D eigenvalue weighted by Gasteiger charge is -2.24. The van der Waals surface area contributed by atoms with Gasteiger partial charge in [0.1, 0.15) is 0 Å². The molecule has 1 aromatic heterocycles. The summed E-state index contributed by atoms with van der Waals surface area (Å²) in [4.78, 5) is 27.7. The van der Waals surface area contributed by atoms with Gasteiger partial charge in [-0.1, -0.05) is 0 Å². The van der Waals surface area contributed by atoms with E-state index < -0.39 is 11.9 Å². The molecular formula is C13H18N2O3. The van der Waals surface area contributed by atoms with E-state index in [1.807, 2.05) is 26.8 Å². The van der Waals surface area contributed by atoms with Gasteiger partial charge in [0.2, 0.25) is 5.91 Å². The summed E-state index contributed by atoms with van der Waals surface area (Å²) in [6, 6.07) is 1.94. The molecule has 0 radical (unpaired) electrons. The van der Waals surface area contributed by atoms with Gasteiger partial charge in [0.25, 0.3) is 0 Å². The number of carboxylic acid groups (broad SMARTS) is 1. The largest absolute Gasteiger partial charge is 0.481 e. The third-order valence-corrected chi connectivity index (χ3v) is 3.61. The van der Waals surface area contributed by atoms with Crippen molar-refractivity contribution in [2.45, 2.75) is 33.2 Å². The minimum Gasteiger partial charge on any atom is -0.481 e. The van der Waals surface area contributed by atoms with Gasteiger partial charge in [-0.05, 0) is 32.4 Å². The number of aliphatic carboxylic acids is 1. The zero-order valence-electron chi connectivity index (χ0n) is 10.9. The maximum absolute atomic E-state index is 11.9. The number of hydrogen-bond acceptors (Lipinski definition) is 2. The molecule has 0 aliphatic carbocycles. The summed E-state index contributed by atoms with van der Waals surface area (Å²) in [6.07, 6.45) is 0.113. The quantitative estimate of drug-likeness (QED) is 0.856. The number of hydrogen-bond donors (Lipinski definition) is 2. The Hall–Kier alpha value is -1.78. The number of nitrogens with one attached hydrogen (secondary N) is 1. The van der Waals surface area contributed by atoms with Crippen molar-refractivity contribution in [1.82, 2.24) is 9.88 Å². The summed E-state index contributed by atoms with van der Waals surface area (Å²) in [6.45, 7) is 6.18. The van der Waals surface area contributed by atoms with Crippen LogP contribution in [0.15, 0.2) is 6.07 Å². The lowest BCUT2D eigenvalue weighted by atomic mass is 10.1. The summed E-state index contributed by atoms with van der Waals surface area (Å²) in [5, 5.41) is 8.97. The molecular weight excluding hydrogens is 232 g/mol. The van der Waals surface area contributed by atoms with Crippen molar-refractivity contribution < 1.29 is 14.7 Å². The van der Waals surface area contributed by atoms with Gasteiger partial charge in [-0.25, -0.2) is 0 Å². The Bertz CT molecular complexity index is 492. The van der Waals surface area contributed by atoms with Crippen LogP contribution in [0.25, 0.3) is 0 Å². The average molecular weight is 250 g/mol. The molecule has 18 heavy (non-hydrogen) atoms. The molecule has 1 aromatic rings. The van der Waals surface area contributed by atoms with Crippen molar-refractivity contribution in [3.63, 3.8) is 0 Å². The van der Waals surface area contributed by atoms with Gasteiger partial charge in [0.05, 0.1) is 12.0 Å². The minimum absolute atomic E-state index is 0.0758. The van der Waals surface area contributed by atoms with Gasteiger partial charge in [-0.15, -0.1) is 0 Å². The molecule has 0 bridgehead atoms. The highest BCUT2D eigenvalue weighted by Crippen LogP contribution is 2.30. The number of carbonyl (C=O) groups is 2. The van der Waals surface area contributed by atoms with Gasteiger partial charge >= 0.3 is 5.97 Å². The van der Waals surface area contributed by atoms with Crippen molar-refractivity contribution in [2.24, 2.45) is 5.92 Å². The second-order valence-corrected chi connectivity index (χ2v) is 4.99.